The fourth-order valence-corrected chi connectivity index (χ4v) is 3.32. The molecule has 130 valence electrons. The second-order valence-electron chi connectivity index (χ2n) is 6.32. The lowest BCUT2D eigenvalue weighted by Gasteiger charge is -2.32. The maximum Gasteiger partial charge on any atom is 0.167 e. The van der Waals surface area contributed by atoms with Gasteiger partial charge in [0.05, 0.1) is 7.11 Å². The Morgan fingerprint density at radius 1 is 1.25 bits per heavy atom. The first-order chi connectivity index (χ1) is 11.7. The van der Waals surface area contributed by atoms with Crippen LogP contribution >= 0.6 is 0 Å². The van der Waals surface area contributed by atoms with Gasteiger partial charge >= 0.3 is 0 Å². The summed E-state index contributed by atoms with van der Waals surface area (Å²) in [6.07, 6.45) is 7.02. The summed E-state index contributed by atoms with van der Waals surface area (Å²) in [5.74, 6) is -0.547. The molecule has 0 saturated carbocycles. The second kappa shape index (κ2) is 7.75. The molecule has 1 aromatic heterocycles. The average molecular weight is 335 g/mol. The Balaban J connectivity index is 1.53. The fourth-order valence-electron chi connectivity index (χ4n) is 3.32. The van der Waals surface area contributed by atoms with Gasteiger partial charge in [0.25, 0.3) is 0 Å². The number of nitrogens with zero attached hydrogens (tertiary/aromatic N) is 3. The van der Waals surface area contributed by atoms with E-state index in [2.05, 4.69) is 10.00 Å². The highest BCUT2D eigenvalue weighted by atomic mass is 19.2. The van der Waals surface area contributed by atoms with Crippen molar-refractivity contribution in [3.8, 4) is 5.75 Å². The summed E-state index contributed by atoms with van der Waals surface area (Å²) in [6, 6.07) is 4.54. The van der Waals surface area contributed by atoms with Crippen LogP contribution in [0.25, 0.3) is 0 Å². The average Bonchev–Trinajstić information content (AvgIpc) is 3.12. The molecule has 0 radical (unpaired) electrons. The van der Waals surface area contributed by atoms with Crippen molar-refractivity contribution in [1.82, 2.24) is 14.7 Å². The van der Waals surface area contributed by atoms with E-state index in [1.165, 1.54) is 13.2 Å². The first-order valence-electron chi connectivity index (χ1n) is 8.38. The van der Waals surface area contributed by atoms with Crippen molar-refractivity contribution in [3.63, 3.8) is 0 Å². The van der Waals surface area contributed by atoms with E-state index >= 15 is 0 Å². The molecule has 0 bridgehead atoms. The van der Waals surface area contributed by atoms with Gasteiger partial charge in [-0.15, -0.1) is 0 Å². The van der Waals surface area contributed by atoms with E-state index in [0.717, 1.165) is 45.0 Å². The summed E-state index contributed by atoms with van der Waals surface area (Å²) in [6.45, 7) is 3.11. The van der Waals surface area contributed by atoms with Crippen LogP contribution in [0.5, 0.6) is 5.75 Å². The van der Waals surface area contributed by atoms with E-state index in [-0.39, 0.29) is 0 Å². The molecule has 2 aromatic rings. The van der Waals surface area contributed by atoms with Gasteiger partial charge in [-0.3, -0.25) is 9.58 Å². The lowest BCUT2D eigenvalue weighted by atomic mass is 9.93. The molecule has 0 spiro atoms. The zero-order chi connectivity index (χ0) is 16.9. The molecule has 1 aromatic carbocycles. The number of benzene rings is 1. The van der Waals surface area contributed by atoms with E-state index in [0.29, 0.717) is 23.8 Å². The van der Waals surface area contributed by atoms with Crippen LogP contribution in [0, 0.1) is 17.6 Å². The van der Waals surface area contributed by atoms with Gasteiger partial charge in [0.1, 0.15) is 5.75 Å². The predicted octanol–water partition coefficient (Wildman–Crippen LogP) is 3.47. The number of piperidine rings is 1. The highest BCUT2D eigenvalue weighted by Gasteiger charge is 2.22. The topological polar surface area (TPSA) is 30.3 Å². The first-order valence-corrected chi connectivity index (χ1v) is 8.38. The van der Waals surface area contributed by atoms with Gasteiger partial charge in [0.2, 0.25) is 0 Å². The number of halogens is 2. The van der Waals surface area contributed by atoms with Gasteiger partial charge in [-0.2, -0.15) is 5.10 Å². The third-order valence-corrected chi connectivity index (χ3v) is 4.79. The van der Waals surface area contributed by atoms with Crippen molar-refractivity contribution >= 4 is 0 Å². The summed E-state index contributed by atoms with van der Waals surface area (Å²) < 4.78 is 34.7. The zero-order valence-corrected chi connectivity index (χ0v) is 13.9. The second-order valence-corrected chi connectivity index (χ2v) is 6.32. The van der Waals surface area contributed by atoms with Crippen LogP contribution in [-0.4, -0.2) is 34.9 Å². The van der Waals surface area contributed by atoms with Crippen LogP contribution in [0.4, 0.5) is 8.78 Å². The highest BCUT2D eigenvalue weighted by Crippen LogP contribution is 2.28. The molecule has 0 atom stereocenters. The lowest BCUT2D eigenvalue weighted by Crippen LogP contribution is -2.34. The Bertz CT molecular complexity index is 653. The molecule has 0 amide bonds. The molecule has 6 heteroatoms. The number of aryl methyl sites for hydroxylation is 1. The Morgan fingerprint density at radius 3 is 2.71 bits per heavy atom. The molecule has 0 unspecified atom stereocenters. The molecule has 2 heterocycles. The van der Waals surface area contributed by atoms with Gasteiger partial charge in [0, 0.05) is 31.0 Å². The summed E-state index contributed by atoms with van der Waals surface area (Å²) in [7, 11) is 1.48. The predicted molar refractivity (Wildman–Crippen MR) is 87.8 cm³/mol. The normalized spacial score (nSPS) is 16.5. The van der Waals surface area contributed by atoms with Crippen LogP contribution in [0.1, 0.15) is 24.8 Å². The van der Waals surface area contributed by atoms with E-state index in [1.807, 2.05) is 16.9 Å². The fraction of sp³-hybridized carbons (Fsp3) is 0.500. The molecule has 1 saturated heterocycles. The molecule has 0 N–H and O–H groups in total. The molecule has 4 nitrogen and oxygen atoms in total. The quantitative estimate of drug-likeness (QED) is 0.810. The molecule has 24 heavy (non-hydrogen) atoms. The first kappa shape index (κ1) is 16.9. The molecular formula is C18H23F2N3O. The van der Waals surface area contributed by atoms with Crippen molar-refractivity contribution in [2.45, 2.75) is 32.4 Å². The number of ether oxygens (including phenoxy) is 1. The minimum atomic E-state index is -0.820. The number of rotatable bonds is 6. The van der Waals surface area contributed by atoms with E-state index in [1.54, 1.807) is 6.20 Å². The van der Waals surface area contributed by atoms with E-state index < -0.39 is 11.6 Å². The maximum absolute atomic E-state index is 14.1. The molecule has 1 fully saturated rings. The minimum Gasteiger partial charge on any atom is -0.496 e. The Kier molecular flexibility index (Phi) is 5.45. The number of hydrogen-bond acceptors (Lipinski definition) is 3. The minimum absolute atomic E-state index is 0.312. The Labute approximate surface area is 141 Å². The van der Waals surface area contributed by atoms with E-state index in [4.69, 9.17) is 4.74 Å². The molecular weight excluding hydrogens is 312 g/mol. The molecule has 0 aliphatic carbocycles. The smallest absolute Gasteiger partial charge is 0.167 e. The van der Waals surface area contributed by atoms with Crippen molar-refractivity contribution in [2.24, 2.45) is 5.92 Å². The van der Waals surface area contributed by atoms with Gasteiger partial charge in [-0.05, 0) is 56.5 Å². The molecule has 1 aliphatic rings. The van der Waals surface area contributed by atoms with E-state index in [9.17, 15) is 8.78 Å². The van der Waals surface area contributed by atoms with Gasteiger partial charge in [0.15, 0.2) is 11.6 Å². The van der Waals surface area contributed by atoms with Crippen molar-refractivity contribution < 1.29 is 13.5 Å². The summed E-state index contributed by atoms with van der Waals surface area (Å²) in [5, 5.41) is 4.22. The Hall–Kier alpha value is -1.95. The number of likely N-dealkylation sites (tertiary alicyclic amines) is 1. The third kappa shape index (κ3) is 3.93. The standard InChI is InChI=1S/C18H23F2N3O/c1-24-17-4-3-16(19)18(20)15(17)13-22-10-5-14(6-11-22)7-12-23-9-2-8-21-23/h2-4,8-9,14H,5-7,10-13H2,1H3. The Morgan fingerprint density at radius 2 is 2.04 bits per heavy atom. The van der Waals surface area contributed by atoms with Crippen LogP contribution in [0.15, 0.2) is 30.6 Å². The van der Waals surface area contributed by atoms with Gasteiger partial charge in [-0.1, -0.05) is 0 Å². The number of aromatic nitrogens is 2. The zero-order valence-electron chi connectivity index (χ0n) is 13.9. The third-order valence-electron chi connectivity index (χ3n) is 4.79. The van der Waals surface area contributed by atoms with Crippen LogP contribution in [0.3, 0.4) is 0 Å². The summed E-state index contributed by atoms with van der Waals surface area (Å²) >= 11 is 0. The largest absolute Gasteiger partial charge is 0.496 e. The molecule has 1 aliphatic heterocycles. The van der Waals surface area contributed by atoms with Gasteiger partial charge < -0.3 is 4.74 Å². The maximum atomic E-state index is 14.1. The van der Waals surface area contributed by atoms with Crippen LogP contribution in [-0.2, 0) is 13.1 Å². The number of hydrogen-bond donors (Lipinski definition) is 0. The summed E-state index contributed by atoms with van der Waals surface area (Å²) in [5.41, 5.74) is 0.312. The van der Waals surface area contributed by atoms with Crippen LogP contribution < -0.4 is 4.74 Å². The number of methoxy groups -OCH3 is 1. The summed E-state index contributed by atoms with van der Waals surface area (Å²) in [4.78, 5) is 2.17. The van der Waals surface area contributed by atoms with Crippen molar-refractivity contribution in [1.29, 1.82) is 0 Å². The van der Waals surface area contributed by atoms with Crippen LogP contribution in [0.2, 0.25) is 0 Å². The lowest BCUT2D eigenvalue weighted by molar-refractivity contribution is 0.165. The van der Waals surface area contributed by atoms with Crippen molar-refractivity contribution in [3.05, 3.63) is 47.8 Å². The SMILES string of the molecule is COc1ccc(F)c(F)c1CN1CCC(CCn2cccn2)CC1. The highest BCUT2D eigenvalue weighted by molar-refractivity contribution is 5.35. The van der Waals surface area contributed by atoms with Crippen molar-refractivity contribution in [2.75, 3.05) is 20.2 Å². The monoisotopic (exact) mass is 335 g/mol. The van der Waals surface area contributed by atoms with Gasteiger partial charge in [-0.25, -0.2) is 8.78 Å². The molecule has 3 rings (SSSR count).